The molecule has 1 amide bonds. The third-order valence-corrected chi connectivity index (χ3v) is 1.98. The Morgan fingerprint density at radius 2 is 2.00 bits per heavy atom. The van der Waals surface area contributed by atoms with Gasteiger partial charge >= 0.3 is 0 Å². The Labute approximate surface area is 100 Å². The molecule has 1 atom stereocenters. The van der Waals surface area contributed by atoms with E-state index in [1.165, 1.54) is 14.0 Å². The molecule has 5 nitrogen and oxygen atoms in total. The van der Waals surface area contributed by atoms with Gasteiger partial charge in [-0.25, -0.2) is 0 Å². The number of nitrogens with one attached hydrogen (secondary N) is 1. The fourth-order valence-electron chi connectivity index (χ4n) is 1.27. The Balaban J connectivity index is 2.42. The molecule has 0 heterocycles. The zero-order valence-electron chi connectivity index (χ0n) is 9.97. The van der Waals surface area contributed by atoms with Gasteiger partial charge in [0.25, 0.3) is 0 Å². The fourth-order valence-corrected chi connectivity index (χ4v) is 1.27. The monoisotopic (exact) mass is 239 g/mol. The molecule has 0 saturated heterocycles. The Morgan fingerprint density at radius 3 is 2.53 bits per heavy atom. The summed E-state index contributed by atoms with van der Waals surface area (Å²) >= 11 is 0. The van der Waals surface area contributed by atoms with Crippen LogP contribution in [0.15, 0.2) is 24.3 Å². The van der Waals surface area contributed by atoms with Crippen molar-refractivity contribution in [2.24, 2.45) is 0 Å². The lowest BCUT2D eigenvalue weighted by Crippen LogP contribution is -2.22. The minimum atomic E-state index is -0.643. The van der Waals surface area contributed by atoms with Gasteiger partial charge in [-0.3, -0.25) is 4.79 Å². The van der Waals surface area contributed by atoms with Gasteiger partial charge in [0.1, 0.15) is 18.5 Å². The number of hydrogen-bond donors (Lipinski definition) is 2. The molecule has 0 aromatic heterocycles. The highest BCUT2D eigenvalue weighted by molar-refractivity contribution is 5.88. The van der Waals surface area contributed by atoms with Crippen LogP contribution >= 0.6 is 0 Å². The van der Waals surface area contributed by atoms with Gasteiger partial charge in [0.2, 0.25) is 5.91 Å². The van der Waals surface area contributed by atoms with Crippen LogP contribution < -0.4 is 10.1 Å². The van der Waals surface area contributed by atoms with Crippen molar-refractivity contribution < 1.29 is 19.4 Å². The number of rotatable bonds is 6. The van der Waals surface area contributed by atoms with Gasteiger partial charge in [0, 0.05) is 19.7 Å². The van der Waals surface area contributed by atoms with Crippen molar-refractivity contribution in [3.05, 3.63) is 24.3 Å². The smallest absolute Gasteiger partial charge is 0.221 e. The van der Waals surface area contributed by atoms with Gasteiger partial charge in [-0.1, -0.05) is 0 Å². The summed E-state index contributed by atoms with van der Waals surface area (Å²) in [7, 11) is 1.52. The van der Waals surface area contributed by atoms with Crippen LogP contribution in [0.25, 0.3) is 0 Å². The molecule has 0 saturated carbocycles. The molecule has 1 aromatic rings. The van der Waals surface area contributed by atoms with E-state index in [2.05, 4.69) is 5.32 Å². The lowest BCUT2D eigenvalue weighted by molar-refractivity contribution is -0.114. The summed E-state index contributed by atoms with van der Waals surface area (Å²) in [5, 5.41) is 12.0. The molecule has 2 N–H and O–H groups in total. The Bertz CT molecular complexity index is 350. The highest BCUT2D eigenvalue weighted by Crippen LogP contribution is 2.15. The molecule has 0 aliphatic rings. The average molecular weight is 239 g/mol. The number of benzene rings is 1. The number of aliphatic hydroxyl groups excluding tert-OH is 1. The molecule has 94 valence electrons. The summed E-state index contributed by atoms with van der Waals surface area (Å²) in [6, 6.07) is 6.93. The lowest BCUT2D eigenvalue weighted by Gasteiger charge is -2.11. The highest BCUT2D eigenvalue weighted by atomic mass is 16.5. The minimum Gasteiger partial charge on any atom is -0.491 e. The molecule has 17 heavy (non-hydrogen) atoms. The number of hydrogen-bond acceptors (Lipinski definition) is 4. The van der Waals surface area contributed by atoms with Gasteiger partial charge in [0.05, 0.1) is 6.61 Å². The fraction of sp³-hybridized carbons (Fsp3) is 0.417. The summed E-state index contributed by atoms with van der Waals surface area (Å²) in [4.78, 5) is 10.8. The topological polar surface area (TPSA) is 67.8 Å². The molecular weight excluding hydrogens is 222 g/mol. The van der Waals surface area contributed by atoms with Gasteiger partial charge < -0.3 is 19.9 Å². The molecule has 1 aromatic carbocycles. The third kappa shape index (κ3) is 5.33. The molecule has 5 heteroatoms. The Hall–Kier alpha value is -1.59. The lowest BCUT2D eigenvalue weighted by atomic mass is 10.3. The van der Waals surface area contributed by atoms with E-state index >= 15 is 0 Å². The zero-order valence-corrected chi connectivity index (χ0v) is 9.97. The van der Waals surface area contributed by atoms with Crippen LogP contribution in [-0.2, 0) is 9.53 Å². The quantitative estimate of drug-likeness (QED) is 0.778. The predicted molar refractivity (Wildman–Crippen MR) is 64.1 cm³/mol. The van der Waals surface area contributed by atoms with Crippen LogP contribution in [0.3, 0.4) is 0 Å². The van der Waals surface area contributed by atoms with Crippen LogP contribution in [0.4, 0.5) is 5.69 Å². The van der Waals surface area contributed by atoms with E-state index in [9.17, 15) is 9.90 Å². The number of methoxy groups -OCH3 is 1. The maximum absolute atomic E-state index is 10.8. The maximum atomic E-state index is 10.8. The van der Waals surface area contributed by atoms with E-state index in [4.69, 9.17) is 9.47 Å². The Kier molecular flexibility index (Phi) is 5.45. The second-order valence-electron chi connectivity index (χ2n) is 3.63. The third-order valence-electron chi connectivity index (χ3n) is 1.98. The van der Waals surface area contributed by atoms with E-state index in [0.29, 0.717) is 11.4 Å². The summed E-state index contributed by atoms with van der Waals surface area (Å²) in [5.41, 5.74) is 0.710. The van der Waals surface area contributed by atoms with Crippen LogP contribution in [0.5, 0.6) is 5.75 Å². The van der Waals surface area contributed by atoms with Crippen LogP contribution in [-0.4, -0.2) is 37.4 Å². The molecule has 0 aliphatic carbocycles. The van der Waals surface area contributed by atoms with Crippen LogP contribution in [0.1, 0.15) is 6.92 Å². The standard InChI is InChI=1S/C12H17NO4/c1-9(14)13-10-3-5-12(6-4-10)17-8-11(15)7-16-2/h3-6,11,15H,7-8H2,1-2H3,(H,13,14). The van der Waals surface area contributed by atoms with Crippen molar-refractivity contribution in [2.75, 3.05) is 25.6 Å². The SMILES string of the molecule is COCC(O)COc1ccc(NC(C)=O)cc1. The molecule has 0 bridgehead atoms. The van der Waals surface area contributed by atoms with Crippen molar-refractivity contribution in [1.82, 2.24) is 0 Å². The van der Waals surface area contributed by atoms with E-state index < -0.39 is 6.10 Å². The molecule has 0 aliphatic heterocycles. The minimum absolute atomic E-state index is 0.116. The average Bonchev–Trinajstić information content (AvgIpc) is 2.28. The molecule has 0 radical (unpaired) electrons. The molecule has 1 rings (SSSR count). The first kappa shape index (κ1) is 13.5. The van der Waals surface area contributed by atoms with Crippen molar-refractivity contribution in [1.29, 1.82) is 0 Å². The van der Waals surface area contributed by atoms with Crippen LogP contribution in [0.2, 0.25) is 0 Å². The van der Waals surface area contributed by atoms with E-state index in [1.54, 1.807) is 24.3 Å². The van der Waals surface area contributed by atoms with Gasteiger partial charge in [-0.15, -0.1) is 0 Å². The van der Waals surface area contributed by atoms with Gasteiger partial charge in [-0.2, -0.15) is 0 Å². The van der Waals surface area contributed by atoms with Gasteiger partial charge in [0.15, 0.2) is 0 Å². The summed E-state index contributed by atoms with van der Waals surface area (Å²) in [6.45, 7) is 1.86. The molecule has 0 spiro atoms. The zero-order chi connectivity index (χ0) is 12.7. The van der Waals surface area contributed by atoms with Crippen LogP contribution in [0, 0.1) is 0 Å². The second kappa shape index (κ2) is 6.88. The van der Waals surface area contributed by atoms with Crippen molar-refractivity contribution >= 4 is 11.6 Å². The largest absolute Gasteiger partial charge is 0.491 e. The number of carbonyl (C=O) groups excluding carboxylic acids is 1. The first-order chi connectivity index (χ1) is 8.11. The Morgan fingerprint density at radius 1 is 1.35 bits per heavy atom. The van der Waals surface area contributed by atoms with Gasteiger partial charge in [-0.05, 0) is 24.3 Å². The summed E-state index contributed by atoms with van der Waals surface area (Å²) in [5.74, 6) is 0.517. The van der Waals surface area contributed by atoms with Crippen molar-refractivity contribution in [3.63, 3.8) is 0 Å². The number of aliphatic hydroxyl groups is 1. The van der Waals surface area contributed by atoms with E-state index in [0.717, 1.165) is 0 Å². The number of carbonyl (C=O) groups is 1. The molecule has 0 fully saturated rings. The molecule has 1 unspecified atom stereocenters. The molecular formula is C12H17NO4. The summed E-state index contributed by atoms with van der Waals surface area (Å²) in [6.07, 6.45) is -0.643. The first-order valence-corrected chi connectivity index (χ1v) is 5.29. The van der Waals surface area contributed by atoms with E-state index in [-0.39, 0.29) is 19.1 Å². The normalized spacial score (nSPS) is 11.9. The maximum Gasteiger partial charge on any atom is 0.221 e. The number of amides is 1. The van der Waals surface area contributed by atoms with Crippen molar-refractivity contribution in [3.8, 4) is 5.75 Å². The van der Waals surface area contributed by atoms with E-state index in [1.807, 2.05) is 0 Å². The summed E-state index contributed by atoms with van der Waals surface area (Å²) < 4.78 is 10.1. The number of anilines is 1. The first-order valence-electron chi connectivity index (χ1n) is 5.29. The number of ether oxygens (including phenoxy) is 2. The highest BCUT2D eigenvalue weighted by Gasteiger charge is 2.04. The predicted octanol–water partition coefficient (Wildman–Crippen LogP) is 1.03. The second-order valence-corrected chi connectivity index (χ2v) is 3.63. The van der Waals surface area contributed by atoms with Crippen molar-refractivity contribution in [2.45, 2.75) is 13.0 Å².